The molecule has 0 spiro atoms. The van der Waals surface area contributed by atoms with Crippen molar-refractivity contribution in [2.24, 2.45) is 5.90 Å². The molecule has 0 aromatic heterocycles. The molecule has 2 aromatic rings. The third-order valence-corrected chi connectivity index (χ3v) is 7.31. The van der Waals surface area contributed by atoms with E-state index in [1.165, 1.54) is 11.1 Å². The van der Waals surface area contributed by atoms with Crippen molar-refractivity contribution < 1.29 is 13.7 Å². The predicted octanol–water partition coefficient (Wildman–Crippen LogP) is 8.36. The Hall–Kier alpha value is -1.61. The molecule has 5 heteroatoms. The summed E-state index contributed by atoms with van der Waals surface area (Å²) >= 11 is 0. The number of benzene rings is 2. The molecule has 1 aliphatic rings. The zero-order valence-electron chi connectivity index (χ0n) is 23.3. The van der Waals surface area contributed by atoms with E-state index in [0.29, 0.717) is 0 Å². The van der Waals surface area contributed by atoms with Crippen molar-refractivity contribution in [3.05, 3.63) is 57.6 Å². The van der Waals surface area contributed by atoms with Gasteiger partial charge in [0.2, 0.25) is 0 Å². The van der Waals surface area contributed by atoms with Crippen molar-refractivity contribution >= 4 is 8.60 Å². The molecule has 1 heterocycles. The zero-order valence-corrected chi connectivity index (χ0v) is 24.2. The number of nitrogens with two attached hydrogens (primary N) is 1. The fraction of sp³-hybridized carbons (Fsp3) is 0.586. The van der Waals surface area contributed by atoms with Crippen molar-refractivity contribution in [3.8, 4) is 11.5 Å². The fourth-order valence-electron chi connectivity index (χ4n) is 4.25. The fourth-order valence-corrected chi connectivity index (χ4v) is 5.10. The highest BCUT2D eigenvalue weighted by atomic mass is 31.2. The quantitative estimate of drug-likeness (QED) is 0.326. The van der Waals surface area contributed by atoms with Crippen molar-refractivity contribution in [3.63, 3.8) is 0 Å². The summed E-state index contributed by atoms with van der Waals surface area (Å²) in [5.41, 5.74) is 6.97. The monoisotopic (exact) mass is 485 g/mol. The van der Waals surface area contributed by atoms with Crippen LogP contribution in [0.5, 0.6) is 11.5 Å². The minimum Gasteiger partial charge on any atom is -0.416 e. The summed E-state index contributed by atoms with van der Waals surface area (Å²) in [4.78, 5) is 0. The highest BCUT2D eigenvalue weighted by Gasteiger charge is 2.34. The minimum absolute atomic E-state index is 0.00958. The molecule has 1 aliphatic heterocycles. The number of hydrogen-bond acceptors (Lipinski definition) is 4. The average Bonchev–Trinajstić information content (AvgIpc) is 2.63. The van der Waals surface area contributed by atoms with Crippen LogP contribution in [0.3, 0.4) is 0 Å². The van der Waals surface area contributed by atoms with E-state index in [0.717, 1.165) is 40.2 Å². The Morgan fingerprint density at radius 2 is 0.971 bits per heavy atom. The summed E-state index contributed by atoms with van der Waals surface area (Å²) in [7, 11) is -1.81. The van der Waals surface area contributed by atoms with Crippen molar-refractivity contribution in [1.82, 2.24) is 0 Å². The van der Waals surface area contributed by atoms with Gasteiger partial charge in [0.25, 0.3) is 0 Å². The standard InChI is InChI=1S/C29H44NO3P/c1-26(2,3)20-14-18-13-19-15-21(27(4,5)6)17-23(29(10,11)12)25(19)32-34(33-30)31-24(18)22(16-20)28(7,8)9/h14-17H,13,30H2,1-12H3. The van der Waals surface area contributed by atoms with Gasteiger partial charge in [-0.05, 0) is 43.9 Å². The summed E-state index contributed by atoms with van der Waals surface area (Å²) in [5, 5.41) is 0. The maximum atomic E-state index is 6.43. The first-order valence-electron chi connectivity index (χ1n) is 12.2. The molecule has 34 heavy (non-hydrogen) atoms. The van der Waals surface area contributed by atoms with Gasteiger partial charge in [-0.25, -0.2) is 10.5 Å². The predicted molar refractivity (Wildman–Crippen MR) is 144 cm³/mol. The Balaban J connectivity index is 2.39. The summed E-state index contributed by atoms with van der Waals surface area (Å²) in [6.07, 6.45) is 0.721. The molecule has 0 radical (unpaired) electrons. The van der Waals surface area contributed by atoms with E-state index in [1.807, 2.05) is 0 Å². The topological polar surface area (TPSA) is 53.7 Å². The van der Waals surface area contributed by atoms with Crippen LogP contribution in [0.15, 0.2) is 24.3 Å². The Labute approximate surface area is 208 Å². The van der Waals surface area contributed by atoms with Crippen LogP contribution >= 0.6 is 8.60 Å². The second-order valence-corrected chi connectivity index (χ2v) is 14.7. The highest BCUT2D eigenvalue weighted by Crippen LogP contribution is 2.52. The van der Waals surface area contributed by atoms with Crippen LogP contribution in [0.25, 0.3) is 0 Å². The highest BCUT2D eigenvalue weighted by molar-refractivity contribution is 7.42. The van der Waals surface area contributed by atoms with Crippen LogP contribution in [-0.2, 0) is 32.7 Å². The molecule has 0 amide bonds. The zero-order chi connectivity index (χ0) is 25.9. The Morgan fingerprint density at radius 1 is 0.618 bits per heavy atom. The van der Waals surface area contributed by atoms with Crippen LogP contribution in [0.1, 0.15) is 116 Å². The molecular formula is C29H44NO3P. The first kappa shape index (κ1) is 27.0. The summed E-state index contributed by atoms with van der Waals surface area (Å²) < 4.78 is 18.1. The van der Waals surface area contributed by atoms with E-state index < -0.39 is 8.60 Å². The van der Waals surface area contributed by atoms with Gasteiger partial charge in [0.1, 0.15) is 11.5 Å². The molecule has 0 aliphatic carbocycles. The van der Waals surface area contributed by atoms with Gasteiger partial charge in [-0.1, -0.05) is 107 Å². The molecular weight excluding hydrogens is 441 g/mol. The molecule has 3 rings (SSSR count). The summed E-state index contributed by atoms with van der Waals surface area (Å²) in [6.45, 7) is 26.8. The van der Waals surface area contributed by atoms with E-state index >= 15 is 0 Å². The third-order valence-electron chi connectivity index (χ3n) is 6.48. The Morgan fingerprint density at radius 3 is 1.24 bits per heavy atom. The molecule has 0 unspecified atom stereocenters. The minimum atomic E-state index is -1.81. The van der Waals surface area contributed by atoms with Gasteiger partial charge in [0, 0.05) is 17.5 Å². The van der Waals surface area contributed by atoms with Crippen LogP contribution in [0.2, 0.25) is 0 Å². The van der Waals surface area contributed by atoms with Crippen LogP contribution in [-0.4, -0.2) is 0 Å². The number of rotatable bonds is 1. The lowest BCUT2D eigenvalue weighted by atomic mass is 9.76. The second-order valence-electron chi connectivity index (χ2n) is 13.7. The first-order valence-corrected chi connectivity index (χ1v) is 13.3. The van der Waals surface area contributed by atoms with Crippen LogP contribution in [0.4, 0.5) is 0 Å². The smallest absolute Gasteiger partial charge is 0.416 e. The second kappa shape index (κ2) is 8.80. The Kier molecular flexibility index (Phi) is 6.99. The molecule has 2 aromatic carbocycles. The van der Waals surface area contributed by atoms with Crippen LogP contribution in [0, 0.1) is 0 Å². The van der Waals surface area contributed by atoms with E-state index in [9.17, 15) is 0 Å². The maximum absolute atomic E-state index is 6.43. The normalized spacial score (nSPS) is 15.6. The lowest BCUT2D eigenvalue weighted by Gasteiger charge is -2.34. The van der Waals surface area contributed by atoms with Gasteiger partial charge in [0.05, 0.1) is 0 Å². The Bertz CT molecular complexity index is 980. The summed E-state index contributed by atoms with van der Waals surface area (Å²) in [5.74, 6) is 7.40. The van der Waals surface area contributed by atoms with Crippen molar-refractivity contribution in [2.45, 2.75) is 111 Å². The first-order chi connectivity index (χ1) is 15.3. The van der Waals surface area contributed by atoms with E-state index in [-0.39, 0.29) is 21.7 Å². The van der Waals surface area contributed by atoms with E-state index in [1.54, 1.807) is 0 Å². The SMILES string of the molecule is CC(C)(C)c1cc2c(c(C(C)(C)C)c1)OP(ON)Oc1c(cc(C(C)(C)C)cc1C(C)(C)C)C2. The molecule has 0 saturated heterocycles. The van der Waals surface area contributed by atoms with Gasteiger partial charge >= 0.3 is 8.60 Å². The largest absolute Gasteiger partial charge is 0.481 e. The average molecular weight is 486 g/mol. The number of hydrogen-bond donors (Lipinski definition) is 1. The molecule has 4 nitrogen and oxygen atoms in total. The molecule has 0 fully saturated rings. The van der Waals surface area contributed by atoms with Gasteiger partial charge in [-0.15, -0.1) is 0 Å². The molecule has 188 valence electrons. The van der Waals surface area contributed by atoms with Crippen LogP contribution < -0.4 is 14.9 Å². The lowest BCUT2D eigenvalue weighted by molar-refractivity contribution is 0.268. The van der Waals surface area contributed by atoms with Gasteiger partial charge in [0.15, 0.2) is 0 Å². The van der Waals surface area contributed by atoms with Gasteiger partial charge < -0.3 is 9.05 Å². The number of fused-ring (bicyclic) bond motifs is 2. The molecule has 2 N–H and O–H groups in total. The molecule has 0 bridgehead atoms. The summed E-state index contributed by atoms with van der Waals surface area (Å²) in [6, 6.07) is 9.14. The van der Waals surface area contributed by atoms with Crippen molar-refractivity contribution in [2.75, 3.05) is 0 Å². The van der Waals surface area contributed by atoms with Gasteiger partial charge in [-0.2, -0.15) is 0 Å². The maximum Gasteiger partial charge on any atom is 0.481 e. The van der Waals surface area contributed by atoms with E-state index in [2.05, 4.69) is 107 Å². The molecule has 0 saturated carbocycles. The molecule has 0 atom stereocenters. The van der Waals surface area contributed by atoms with E-state index in [4.69, 9.17) is 19.6 Å². The third kappa shape index (κ3) is 5.61. The van der Waals surface area contributed by atoms with Gasteiger partial charge in [-0.3, -0.25) is 0 Å². The lowest BCUT2D eigenvalue weighted by Crippen LogP contribution is -2.22. The van der Waals surface area contributed by atoms with Crippen molar-refractivity contribution in [1.29, 1.82) is 0 Å².